The van der Waals surface area contributed by atoms with Crippen LogP contribution in [0.3, 0.4) is 0 Å². The molecule has 0 radical (unpaired) electrons. The van der Waals surface area contributed by atoms with Gasteiger partial charge in [0.1, 0.15) is 18.1 Å². The zero-order chi connectivity index (χ0) is 20.0. The van der Waals surface area contributed by atoms with Crippen molar-refractivity contribution in [1.82, 2.24) is 5.32 Å². The molecule has 0 spiro atoms. The topological polar surface area (TPSA) is 56.8 Å². The predicted molar refractivity (Wildman–Crippen MR) is 95.2 cm³/mol. The van der Waals surface area contributed by atoms with Crippen molar-refractivity contribution >= 4 is 5.91 Å². The second kappa shape index (κ2) is 8.97. The second-order valence-corrected chi connectivity index (χ2v) is 6.28. The summed E-state index contributed by atoms with van der Waals surface area (Å²) in [7, 11) is 0. The Morgan fingerprint density at radius 3 is 2.54 bits per heavy atom. The van der Waals surface area contributed by atoms with Crippen molar-refractivity contribution in [1.29, 1.82) is 0 Å². The van der Waals surface area contributed by atoms with Gasteiger partial charge in [-0.2, -0.15) is 0 Å². The summed E-state index contributed by atoms with van der Waals surface area (Å²) in [6.45, 7) is 0.924. The molecule has 0 aliphatic carbocycles. The maximum atomic E-state index is 12.5. The van der Waals surface area contributed by atoms with Gasteiger partial charge in [0, 0.05) is 18.7 Å². The van der Waals surface area contributed by atoms with Crippen LogP contribution in [-0.2, 0) is 11.3 Å². The van der Waals surface area contributed by atoms with E-state index in [1.807, 2.05) is 0 Å². The first kappa shape index (κ1) is 20.0. The molecule has 1 saturated heterocycles. The summed E-state index contributed by atoms with van der Waals surface area (Å²) in [6.07, 6.45) is -2.91. The number of para-hydroxylation sites is 2. The van der Waals surface area contributed by atoms with Crippen LogP contribution in [0.2, 0.25) is 0 Å². The average molecular weight is 395 g/mol. The minimum Gasteiger partial charge on any atom is -0.490 e. The third kappa shape index (κ3) is 5.63. The maximum Gasteiger partial charge on any atom is 0.573 e. The molecule has 0 aromatic heterocycles. The van der Waals surface area contributed by atoms with E-state index in [0.29, 0.717) is 24.5 Å². The van der Waals surface area contributed by atoms with Crippen LogP contribution in [0.1, 0.15) is 28.8 Å². The second-order valence-electron chi connectivity index (χ2n) is 6.28. The van der Waals surface area contributed by atoms with Crippen molar-refractivity contribution in [3.63, 3.8) is 0 Å². The third-order valence-electron chi connectivity index (χ3n) is 4.22. The van der Waals surface area contributed by atoms with Crippen molar-refractivity contribution in [3.05, 3.63) is 59.7 Å². The van der Waals surface area contributed by atoms with E-state index in [0.717, 1.165) is 12.8 Å². The lowest BCUT2D eigenvalue weighted by Gasteiger charge is -2.16. The Labute approximate surface area is 160 Å². The first-order valence-electron chi connectivity index (χ1n) is 8.87. The lowest BCUT2D eigenvalue weighted by atomic mass is 10.1. The summed E-state index contributed by atoms with van der Waals surface area (Å²) in [5.74, 6) is -0.404. The molecular formula is C20H20F3NO4. The summed E-state index contributed by atoms with van der Waals surface area (Å²) >= 11 is 0. The number of hydrogen-bond donors (Lipinski definition) is 1. The molecule has 1 heterocycles. The standard InChI is InChI=1S/C20H20F3NO4/c21-20(22,23)28-17-9-3-1-6-14(17)12-24-19(25)16-8-2-4-10-18(16)27-13-15-7-5-11-26-15/h1-4,6,8-10,15H,5,7,11-13H2,(H,24,25). The number of ether oxygens (including phenoxy) is 3. The highest BCUT2D eigenvalue weighted by Gasteiger charge is 2.32. The van der Waals surface area contributed by atoms with Crippen molar-refractivity contribution in [3.8, 4) is 11.5 Å². The molecule has 28 heavy (non-hydrogen) atoms. The molecule has 0 bridgehead atoms. The molecule has 8 heteroatoms. The first-order valence-corrected chi connectivity index (χ1v) is 8.87. The molecule has 150 valence electrons. The van der Waals surface area contributed by atoms with E-state index in [-0.39, 0.29) is 24.0 Å². The number of nitrogens with one attached hydrogen (secondary N) is 1. The predicted octanol–water partition coefficient (Wildman–Crippen LogP) is 4.07. The Morgan fingerprint density at radius 1 is 1.11 bits per heavy atom. The smallest absolute Gasteiger partial charge is 0.490 e. The highest BCUT2D eigenvalue weighted by atomic mass is 19.4. The van der Waals surface area contributed by atoms with Crippen LogP contribution in [-0.4, -0.2) is 31.6 Å². The minimum atomic E-state index is -4.80. The molecule has 1 atom stereocenters. The molecule has 1 aliphatic heterocycles. The highest BCUT2D eigenvalue weighted by molar-refractivity contribution is 5.96. The SMILES string of the molecule is O=C(NCc1ccccc1OC(F)(F)F)c1ccccc1OCC1CCCO1. The van der Waals surface area contributed by atoms with E-state index >= 15 is 0 Å². The van der Waals surface area contributed by atoms with Crippen LogP contribution in [0, 0.1) is 0 Å². The Kier molecular flexibility index (Phi) is 6.41. The van der Waals surface area contributed by atoms with E-state index < -0.39 is 12.3 Å². The van der Waals surface area contributed by atoms with Gasteiger partial charge in [0.15, 0.2) is 0 Å². The van der Waals surface area contributed by atoms with Crippen LogP contribution >= 0.6 is 0 Å². The number of hydrogen-bond acceptors (Lipinski definition) is 4. The van der Waals surface area contributed by atoms with Gasteiger partial charge in [-0.1, -0.05) is 30.3 Å². The maximum absolute atomic E-state index is 12.5. The van der Waals surface area contributed by atoms with Gasteiger partial charge in [0.25, 0.3) is 5.91 Å². The van der Waals surface area contributed by atoms with Crippen LogP contribution in [0.15, 0.2) is 48.5 Å². The van der Waals surface area contributed by atoms with Gasteiger partial charge in [-0.25, -0.2) is 0 Å². The molecule has 1 fully saturated rings. The number of amides is 1. The quantitative estimate of drug-likeness (QED) is 0.768. The van der Waals surface area contributed by atoms with E-state index in [2.05, 4.69) is 10.1 Å². The van der Waals surface area contributed by atoms with Gasteiger partial charge in [-0.3, -0.25) is 4.79 Å². The van der Waals surface area contributed by atoms with Gasteiger partial charge < -0.3 is 19.5 Å². The third-order valence-corrected chi connectivity index (χ3v) is 4.22. The van der Waals surface area contributed by atoms with Crippen LogP contribution < -0.4 is 14.8 Å². The summed E-state index contributed by atoms with van der Waals surface area (Å²) in [4.78, 5) is 12.5. The van der Waals surface area contributed by atoms with Gasteiger partial charge in [-0.05, 0) is 31.0 Å². The monoisotopic (exact) mass is 395 g/mol. The van der Waals surface area contributed by atoms with Crippen LogP contribution in [0.5, 0.6) is 11.5 Å². The molecule has 1 unspecified atom stereocenters. The fraction of sp³-hybridized carbons (Fsp3) is 0.350. The molecule has 1 aliphatic rings. The Hall–Kier alpha value is -2.74. The molecular weight excluding hydrogens is 375 g/mol. The molecule has 0 saturated carbocycles. The van der Waals surface area contributed by atoms with E-state index in [9.17, 15) is 18.0 Å². The fourth-order valence-electron chi connectivity index (χ4n) is 2.88. The van der Waals surface area contributed by atoms with Gasteiger partial charge in [0.2, 0.25) is 0 Å². The number of carbonyl (C=O) groups excluding carboxylic acids is 1. The molecule has 2 aromatic rings. The summed E-state index contributed by atoms with van der Waals surface area (Å²) in [5, 5.41) is 2.61. The van der Waals surface area contributed by atoms with E-state index in [4.69, 9.17) is 9.47 Å². The minimum absolute atomic E-state index is 0.00233. The Bertz CT molecular complexity index is 804. The van der Waals surface area contributed by atoms with Crippen molar-refractivity contribution in [2.75, 3.05) is 13.2 Å². The Morgan fingerprint density at radius 2 is 1.82 bits per heavy atom. The molecule has 2 aromatic carbocycles. The van der Waals surface area contributed by atoms with E-state index in [1.165, 1.54) is 18.2 Å². The van der Waals surface area contributed by atoms with E-state index in [1.54, 1.807) is 30.3 Å². The van der Waals surface area contributed by atoms with Crippen molar-refractivity contribution in [2.45, 2.75) is 31.9 Å². The van der Waals surface area contributed by atoms with Crippen LogP contribution in [0.25, 0.3) is 0 Å². The normalized spacial score (nSPS) is 16.6. The largest absolute Gasteiger partial charge is 0.573 e. The number of rotatable bonds is 7. The molecule has 5 nitrogen and oxygen atoms in total. The zero-order valence-corrected chi connectivity index (χ0v) is 15.0. The fourth-order valence-corrected chi connectivity index (χ4v) is 2.88. The number of halogens is 3. The van der Waals surface area contributed by atoms with Gasteiger partial charge >= 0.3 is 6.36 Å². The lowest BCUT2D eigenvalue weighted by molar-refractivity contribution is -0.274. The van der Waals surface area contributed by atoms with Gasteiger partial charge in [0.05, 0.1) is 11.7 Å². The Balaban J connectivity index is 1.64. The van der Waals surface area contributed by atoms with Gasteiger partial charge in [-0.15, -0.1) is 13.2 Å². The molecule has 1 amide bonds. The summed E-state index contributed by atoms with van der Waals surface area (Å²) in [5.41, 5.74) is 0.514. The van der Waals surface area contributed by atoms with Crippen molar-refractivity contribution in [2.24, 2.45) is 0 Å². The average Bonchev–Trinajstić information content (AvgIpc) is 3.18. The number of alkyl halides is 3. The molecule has 3 rings (SSSR count). The van der Waals surface area contributed by atoms with Crippen molar-refractivity contribution < 1.29 is 32.2 Å². The number of benzene rings is 2. The van der Waals surface area contributed by atoms with Crippen LogP contribution in [0.4, 0.5) is 13.2 Å². The lowest BCUT2D eigenvalue weighted by Crippen LogP contribution is -2.25. The number of carbonyl (C=O) groups is 1. The first-order chi connectivity index (χ1) is 13.4. The highest BCUT2D eigenvalue weighted by Crippen LogP contribution is 2.26. The summed E-state index contributed by atoms with van der Waals surface area (Å²) in [6, 6.07) is 12.4. The summed E-state index contributed by atoms with van der Waals surface area (Å²) < 4.78 is 52.8. The molecule has 1 N–H and O–H groups in total. The zero-order valence-electron chi connectivity index (χ0n) is 15.0.